The van der Waals surface area contributed by atoms with Crippen LogP contribution >= 0.6 is 11.6 Å². The number of nitrogens with zero attached hydrogens (tertiary/aromatic N) is 3. The summed E-state index contributed by atoms with van der Waals surface area (Å²) in [6, 6.07) is 0.683. The summed E-state index contributed by atoms with van der Waals surface area (Å²) in [6.45, 7) is 4.71. The fraction of sp³-hybridized carbons (Fsp3) is 0.680. The number of likely N-dealkylation sites (tertiary alicyclic amines) is 1. The van der Waals surface area contributed by atoms with E-state index >= 15 is 0 Å². The highest BCUT2D eigenvalue weighted by molar-refractivity contribution is 6.31. The topological polar surface area (TPSA) is 65.1 Å². The molecule has 0 aromatic heterocycles. The number of ether oxygens (including phenoxy) is 1. The number of amides is 3. The minimum Gasteiger partial charge on any atom is -0.377 e. The van der Waals surface area contributed by atoms with Gasteiger partial charge in [-0.2, -0.15) is 13.2 Å². The predicted molar refractivity (Wildman–Crippen MR) is 131 cm³/mol. The summed E-state index contributed by atoms with van der Waals surface area (Å²) in [6.07, 6.45) is -3.28. The normalized spacial score (nSPS) is 28.3. The molecule has 1 aromatic rings. The largest absolute Gasteiger partial charge is 0.417 e. The van der Waals surface area contributed by atoms with Crippen LogP contribution < -0.4 is 5.32 Å². The minimum atomic E-state index is -4.62. The summed E-state index contributed by atoms with van der Waals surface area (Å²) in [5, 5.41) is 1.97. The molecule has 3 saturated heterocycles. The Labute approximate surface area is 223 Å². The van der Waals surface area contributed by atoms with E-state index < -0.39 is 46.7 Å². The number of alkyl halides is 5. The molecule has 0 spiro atoms. The van der Waals surface area contributed by atoms with Gasteiger partial charge in [0.15, 0.2) is 0 Å². The number of anilines is 1. The number of piperazine rings is 1. The maximum Gasteiger partial charge on any atom is 0.417 e. The van der Waals surface area contributed by atoms with E-state index in [1.54, 1.807) is 23.6 Å². The van der Waals surface area contributed by atoms with Gasteiger partial charge >= 0.3 is 12.2 Å². The average molecular weight is 567 g/mol. The summed E-state index contributed by atoms with van der Waals surface area (Å²) < 4.78 is 73.4. The Hall–Kier alpha value is -2.18. The zero-order valence-corrected chi connectivity index (χ0v) is 22.0. The van der Waals surface area contributed by atoms with Crippen molar-refractivity contribution in [1.82, 2.24) is 14.7 Å². The second-order valence-electron chi connectivity index (χ2n) is 10.3. The molecule has 1 N–H and O–H groups in total. The van der Waals surface area contributed by atoms with Gasteiger partial charge in [0.25, 0.3) is 5.92 Å². The van der Waals surface area contributed by atoms with Crippen molar-refractivity contribution in [2.45, 2.75) is 63.3 Å². The molecule has 0 radical (unpaired) electrons. The lowest BCUT2D eigenvalue weighted by molar-refractivity contribution is -0.160. The quantitative estimate of drug-likeness (QED) is 0.513. The number of fused-ring (bicyclic) bond motifs is 1. The molecule has 4 atom stereocenters. The number of rotatable bonds is 5. The van der Waals surface area contributed by atoms with Crippen LogP contribution in [-0.2, 0) is 15.7 Å². The van der Waals surface area contributed by atoms with Crippen LogP contribution in [0, 0.1) is 5.92 Å². The first-order chi connectivity index (χ1) is 17.8. The fourth-order valence-electron chi connectivity index (χ4n) is 5.61. The van der Waals surface area contributed by atoms with Crippen molar-refractivity contribution in [1.29, 1.82) is 0 Å². The number of hydrogen-bond acceptors (Lipinski definition) is 4. The number of morpholine rings is 1. The second-order valence-corrected chi connectivity index (χ2v) is 10.7. The molecule has 4 unspecified atom stereocenters. The lowest BCUT2D eigenvalue weighted by atomic mass is 9.90. The Morgan fingerprint density at radius 1 is 1.26 bits per heavy atom. The van der Waals surface area contributed by atoms with E-state index in [0.717, 1.165) is 18.2 Å². The van der Waals surface area contributed by atoms with Gasteiger partial charge in [0.1, 0.15) is 6.04 Å². The van der Waals surface area contributed by atoms with Gasteiger partial charge in [-0.3, -0.25) is 9.69 Å². The van der Waals surface area contributed by atoms with Crippen LogP contribution in [0.3, 0.4) is 0 Å². The standard InChI is InChI=1S/C25H32ClF5N4O3/c1-3-16-6-8-33(14-24(16,27)28)9-7-18-12-38-13-19-11-34(15(2)22(36)35(18)19)23(37)32-17-4-5-20(21(26)10-17)25(29,30)31/h4-5,10,15-16,18-19H,3,6-9,11-14H2,1-2H3,(H,32,37). The smallest absolute Gasteiger partial charge is 0.377 e. The van der Waals surface area contributed by atoms with Crippen molar-refractivity contribution in [3.05, 3.63) is 28.8 Å². The van der Waals surface area contributed by atoms with E-state index in [-0.39, 0.29) is 43.9 Å². The van der Waals surface area contributed by atoms with Crippen molar-refractivity contribution in [2.75, 3.05) is 44.7 Å². The zero-order chi connectivity index (χ0) is 27.8. The Morgan fingerprint density at radius 2 is 2.00 bits per heavy atom. The van der Waals surface area contributed by atoms with Crippen LogP contribution in [0.2, 0.25) is 5.02 Å². The molecule has 1 aromatic carbocycles. The van der Waals surface area contributed by atoms with Crippen molar-refractivity contribution in [3.8, 4) is 0 Å². The molecule has 3 amide bonds. The van der Waals surface area contributed by atoms with Crippen molar-refractivity contribution in [3.63, 3.8) is 0 Å². The average Bonchev–Trinajstić information content (AvgIpc) is 2.83. The molecular weight excluding hydrogens is 535 g/mol. The van der Waals surface area contributed by atoms with E-state index in [1.165, 1.54) is 4.90 Å². The third kappa shape index (κ3) is 6.02. The molecule has 4 rings (SSSR count). The van der Waals surface area contributed by atoms with Crippen molar-refractivity contribution >= 4 is 29.2 Å². The molecule has 0 bridgehead atoms. The highest BCUT2D eigenvalue weighted by Crippen LogP contribution is 2.37. The van der Waals surface area contributed by atoms with Gasteiger partial charge in [0, 0.05) is 24.7 Å². The highest BCUT2D eigenvalue weighted by Gasteiger charge is 2.46. The number of carbonyl (C=O) groups is 2. The molecule has 0 aliphatic carbocycles. The van der Waals surface area contributed by atoms with Crippen LogP contribution in [0.4, 0.5) is 32.4 Å². The van der Waals surface area contributed by atoms with Crippen LogP contribution in [-0.4, -0.2) is 90.1 Å². The molecule has 38 heavy (non-hydrogen) atoms. The SMILES string of the molecule is CCC1CCN(CCC2COCC3CN(C(=O)Nc4ccc(C(F)(F)F)c(Cl)c4)C(C)C(=O)N23)CC1(F)F. The number of carbonyl (C=O) groups excluding carboxylic acids is 2. The molecule has 3 heterocycles. The summed E-state index contributed by atoms with van der Waals surface area (Å²) in [5.41, 5.74) is -0.949. The summed E-state index contributed by atoms with van der Waals surface area (Å²) in [7, 11) is 0. The maximum atomic E-state index is 14.4. The molecule has 3 aliphatic rings. The monoisotopic (exact) mass is 566 g/mol. The van der Waals surface area contributed by atoms with Gasteiger partial charge in [0.05, 0.1) is 42.4 Å². The number of benzene rings is 1. The zero-order valence-electron chi connectivity index (χ0n) is 21.2. The van der Waals surface area contributed by atoms with E-state index in [0.29, 0.717) is 32.4 Å². The van der Waals surface area contributed by atoms with E-state index in [9.17, 15) is 31.5 Å². The van der Waals surface area contributed by atoms with Crippen LogP contribution in [0.25, 0.3) is 0 Å². The molecule has 3 fully saturated rings. The van der Waals surface area contributed by atoms with Crippen molar-refractivity contribution < 1.29 is 36.3 Å². The minimum absolute atomic E-state index is 0.0662. The Balaban J connectivity index is 1.38. The molecule has 3 aliphatic heterocycles. The third-order valence-corrected chi connectivity index (χ3v) is 8.09. The summed E-state index contributed by atoms with van der Waals surface area (Å²) in [5.74, 6) is -3.63. The first-order valence-corrected chi connectivity index (χ1v) is 13.1. The number of halogens is 6. The molecule has 13 heteroatoms. The van der Waals surface area contributed by atoms with Gasteiger partial charge in [-0.15, -0.1) is 0 Å². The van der Waals surface area contributed by atoms with Gasteiger partial charge in [-0.05, 0) is 50.9 Å². The lowest BCUT2D eigenvalue weighted by Gasteiger charge is -2.50. The number of hydrogen-bond donors (Lipinski definition) is 1. The maximum absolute atomic E-state index is 14.4. The first kappa shape index (κ1) is 28.8. The second kappa shape index (κ2) is 11.1. The predicted octanol–water partition coefficient (Wildman–Crippen LogP) is 4.95. The van der Waals surface area contributed by atoms with Gasteiger partial charge in [0.2, 0.25) is 5.91 Å². The van der Waals surface area contributed by atoms with Gasteiger partial charge in [-0.25, -0.2) is 13.6 Å². The van der Waals surface area contributed by atoms with Crippen molar-refractivity contribution in [2.24, 2.45) is 5.92 Å². The van der Waals surface area contributed by atoms with Crippen LogP contribution in [0.15, 0.2) is 18.2 Å². The Bertz CT molecular complexity index is 1040. The van der Waals surface area contributed by atoms with E-state index in [1.807, 2.05) is 0 Å². The van der Waals surface area contributed by atoms with Crippen LogP contribution in [0.5, 0.6) is 0 Å². The number of nitrogens with one attached hydrogen (secondary N) is 1. The fourth-order valence-corrected chi connectivity index (χ4v) is 5.90. The number of piperidine rings is 1. The third-order valence-electron chi connectivity index (χ3n) is 7.78. The first-order valence-electron chi connectivity index (χ1n) is 12.8. The lowest BCUT2D eigenvalue weighted by Crippen LogP contribution is -2.68. The highest BCUT2D eigenvalue weighted by atomic mass is 35.5. The number of urea groups is 1. The molecule has 7 nitrogen and oxygen atoms in total. The van der Waals surface area contributed by atoms with Crippen LogP contribution in [0.1, 0.15) is 38.7 Å². The molecule has 212 valence electrons. The van der Waals surface area contributed by atoms with Gasteiger partial charge in [-0.1, -0.05) is 18.5 Å². The van der Waals surface area contributed by atoms with Gasteiger partial charge < -0.3 is 19.9 Å². The van der Waals surface area contributed by atoms with E-state index in [2.05, 4.69) is 5.32 Å². The Morgan fingerprint density at radius 3 is 2.63 bits per heavy atom. The molecular formula is C25H32ClF5N4O3. The van der Waals surface area contributed by atoms with E-state index in [4.69, 9.17) is 16.3 Å². The Kier molecular flexibility index (Phi) is 8.44. The summed E-state index contributed by atoms with van der Waals surface area (Å²) >= 11 is 5.75. The summed E-state index contributed by atoms with van der Waals surface area (Å²) in [4.78, 5) is 31.1. The molecule has 0 saturated carbocycles.